The Hall–Kier alpha value is -2.08. The Labute approximate surface area is 126 Å². The van der Waals surface area contributed by atoms with Crippen LogP contribution >= 0.6 is 11.6 Å². The van der Waals surface area contributed by atoms with Crippen molar-refractivity contribution in [2.75, 3.05) is 0 Å². The van der Waals surface area contributed by atoms with Crippen molar-refractivity contribution in [2.24, 2.45) is 0 Å². The largest absolute Gasteiger partial charge is 0.480 e. The molecule has 0 fully saturated rings. The molecule has 6 nitrogen and oxygen atoms in total. The number of nitrogens with one attached hydrogen (secondary N) is 1. The molecular formula is C14H16ClN3O3. The van der Waals surface area contributed by atoms with E-state index in [1.54, 1.807) is 29.7 Å². The number of nitrogens with zero attached hydrogens (tertiary/aromatic N) is 2. The van der Waals surface area contributed by atoms with E-state index in [2.05, 4.69) is 10.3 Å². The summed E-state index contributed by atoms with van der Waals surface area (Å²) >= 11 is 5.92. The van der Waals surface area contributed by atoms with Crippen molar-refractivity contribution in [3.63, 3.8) is 0 Å². The van der Waals surface area contributed by atoms with Crippen molar-refractivity contribution in [1.82, 2.24) is 14.7 Å². The highest BCUT2D eigenvalue weighted by Gasteiger charge is 2.23. The molecule has 0 bridgehead atoms. The third-order valence-electron chi connectivity index (χ3n) is 3.22. The van der Waals surface area contributed by atoms with Crippen molar-refractivity contribution < 1.29 is 14.7 Å². The number of halogens is 1. The highest BCUT2D eigenvalue weighted by molar-refractivity contribution is 6.30. The van der Waals surface area contributed by atoms with Crippen LogP contribution in [0.4, 0.5) is 0 Å². The van der Waals surface area contributed by atoms with Crippen LogP contribution in [0.2, 0.25) is 5.02 Å². The second-order valence-electron chi connectivity index (χ2n) is 4.61. The lowest BCUT2D eigenvalue weighted by molar-refractivity contribution is -0.139. The molecular weight excluding hydrogens is 294 g/mol. The van der Waals surface area contributed by atoms with Gasteiger partial charge in [-0.15, -0.1) is 0 Å². The smallest absolute Gasteiger partial charge is 0.326 e. The maximum atomic E-state index is 12.4. The first kappa shape index (κ1) is 15.3. The fourth-order valence-electron chi connectivity index (χ4n) is 2.12. The number of carbonyl (C=O) groups is 2. The number of imidazole rings is 1. The molecule has 1 unspecified atom stereocenters. The van der Waals surface area contributed by atoms with Crippen molar-refractivity contribution in [3.8, 4) is 0 Å². The van der Waals surface area contributed by atoms with Crippen LogP contribution in [0.1, 0.15) is 36.5 Å². The number of carboxylic acid groups (broad SMARTS) is 1. The number of carboxylic acids is 1. The number of hydrogen-bond donors (Lipinski definition) is 2. The molecule has 0 radical (unpaired) electrons. The maximum Gasteiger partial charge on any atom is 0.326 e. The fraction of sp³-hybridized carbons (Fsp3) is 0.357. The van der Waals surface area contributed by atoms with Gasteiger partial charge in [0.1, 0.15) is 17.4 Å². The molecule has 2 N–H and O–H groups in total. The fourth-order valence-corrected chi connectivity index (χ4v) is 2.27. The number of aliphatic carboxylic acids is 1. The van der Waals surface area contributed by atoms with Gasteiger partial charge in [0.25, 0.3) is 5.91 Å². The van der Waals surface area contributed by atoms with Gasteiger partial charge in [-0.2, -0.15) is 0 Å². The zero-order valence-corrected chi connectivity index (χ0v) is 12.5. The SMILES string of the molecule is CCc1nc2cc(Cl)ccn2c1C(=O)NC(CC)C(=O)O. The molecule has 0 aliphatic carbocycles. The zero-order valence-electron chi connectivity index (χ0n) is 11.8. The first-order valence-electron chi connectivity index (χ1n) is 6.68. The highest BCUT2D eigenvalue weighted by atomic mass is 35.5. The molecule has 0 aliphatic rings. The Morgan fingerprint density at radius 2 is 2.19 bits per heavy atom. The average molecular weight is 310 g/mol. The van der Waals surface area contributed by atoms with Gasteiger partial charge >= 0.3 is 5.97 Å². The van der Waals surface area contributed by atoms with Gasteiger partial charge in [-0.3, -0.25) is 9.20 Å². The molecule has 2 aromatic heterocycles. The summed E-state index contributed by atoms with van der Waals surface area (Å²) in [5, 5.41) is 12.1. The lowest BCUT2D eigenvalue weighted by Gasteiger charge is -2.12. The molecule has 0 saturated carbocycles. The normalized spacial score (nSPS) is 12.3. The Morgan fingerprint density at radius 3 is 2.76 bits per heavy atom. The summed E-state index contributed by atoms with van der Waals surface area (Å²) in [5.41, 5.74) is 1.52. The van der Waals surface area contributed by atoms with E-state index in [1.165, 1.54) is 0 Å². The standard InChI is InChI=1S/C14H16ClN3O3/c1-3-9-12(13(19)17-10(4-2)14(20)21)18-6-5-8(15)7-11(18)16-9/h5-7,10H,3-4H2,1-2H3,(H,17,19)(H,20,21). The van der Waals surface area contributed by atoms with Crippen LogP contribution in [0.5, 0.6) is 0 Å². The van der Waals surface area contributed by atoms with E-state index in [9.17, 15) is 9.59 Å². The van der Waals surface area contributed by atoms with Crippen molar-refractivity contribution in [3.05, 3.63) is 34.7 Å². The third kappa shape index (κ3) is 3.00. The number of fused-ring (bicyclic) bond motifs is 1. The minimum absolute atomic E-state index is 0.311. The molecule has 0 aliphatic heterocycles. The molecule has 7 heteroatoms. The Bertz CT molecular complexity index is 696. The van der Waals surface area contributed by atoms with Gasteiger partial charge in [-0.1, -0.05) is 25.4 Å². The number of carbonyl (C=O) groups excluding carboxylic acids is 1. The van der Waals surface area contributed by atoms with Crippen LogP contribution in [0.15, 0.2) is 18.3 Å². The number of pyridine rings is 1. The number of aryl methyl sites for hydroxylation is 1. The Morgan fingerprint density at radius 1 is 1.48 bits per heavy atom. The summed E-state index contributed by atoms with van der Waals surface area (Å²) in [7, 11) is 0. The Balaban J connectivity index is 2.44. The molecule has 1 amide bonds. The minimum Gasteiger partial charge on any atom is -0.480 e. The van der Waals surface area contributed by atoms with Gasteiger partial charge in [-0.05, 0) is 18.9 Å². The minimum atomic E-state index is -1.05. The van der Waals surface area contributed by atoms with Gasteiger partial charge < -0.3 is 10.4 Å². The number of hydrogen-bond acceptors (Lipinski definition) is 3. The summed E-state index contributed by atoms with van der Waals surface area (Å²) in [6.07, 6.45) is 2.53. The number of aromatic nitrogens is 2. The number of rotatable bonds is 5. The average Bonchev–Trinajstić information content (AvgIpc) is 2.81. The van der Waals surface area contributed by atoms with Gasteiger partial charge in [0.15, 0.2) is 0 Å². The van der Waals surface area contributed by atoms with Crippen molar-refractivity contribution >= 4 is 29.1 Å². The molecule has 2 aromatic rings. The molecule has 112 valence electrons. The quantitative estimate of drug-likeness (QED) is 0.886. The second kappa shape index (κ2) is 6.13. The summed E-state index contributed by atoms with van der Waals surface area (Å²) in [6.45, 7) is 3.59. The van der Waals surface area contributed by atoms with Crippen LogP contribution in [0.25, 0.3) is 5.65 Å². The molecule has 0 saturated heterocycles. The van der Waals surface area contributed by atoms with Crippen LogP contribution in [-0.2, 0) is 11.2 Å². The highest BCUT2D eigenvalue weighted by Crippen LogP contribution is 2.17. The van der Waals surface area contributed by atoms with E-state index in [4.69, 9.17) is 16.7 Å². The predicted molar refractivity (Wildman–Crippen MR) is 78.8 cm³/mol. The lowest BCUT2D eigenvalue weighted by atomic mass is 10.2. The van der Waals surface area contributed by atoms with Crippen LogP contribution in [-0.4, -0.2) is 32.4 Å². The van der Waals surface area contributed by atoms with Gasteiger partial charge in [0.2, 0.25) is 0 Å². The topological polar surface area (TPSA) is 83.7 Å². The molecule has 1 atom stereocenters. The van der Waals surface area contributed by atoms with E-state index >= 15 is 0 Å². The van der Waals surface area contributed by atoms with Gasteiger partial charge in [0, 0.05) is 17.3 Å². The molecule has 21 heavy (non-hydrogen) atoms. The van der Waals surface area contributed by atoms with Crippen LogP contribution < -0.4 is 5.32 Å². The second-order valence-corrected chi connectivity index (χ2v) is 5.04. The van der Waals surface area contributed by atoms with Crippen molar-refractivity contribution in [2.45, 2.75) is 32.7 Å². The third-order valence-corrected chi connectivity index (χ3v) is 3.46. The maximum absolute atomic E-state index is 12.4. The number of amides is 1. The van der Waals surface area contributed by atoms with Crippen LogP contribution in [0.3, 0.4) is 0 Å². The van der Waals surface area contributed by atoms with Crippen molar-refractivity contribution in [1.29, 1.82) is 0 Å². The monoisotopic (exact) mass is 309 g/mol. The molecule has 2 rings (SSSR count). The van der Waals surface area contributed by atoms with E-state index < -0.39 is 17.9 Å². The van der Waals surface area contributed by atoms with E-state index in [-0.39, 0.29) is 0 Å². The molecule has 2 heterocycles. The first-order chi connectivity index (χ1) is 9.97. The Kier molecular flexibility index (Phi) is 4.47. The van der Waals surface area contributed by atoms with Crippen LogP contribution in [0, 0.1) is 0 Å². The molecule has 0 spiro atoms. The summed E-state index contributed by atoms with van der Waals surface area (Å²) in [4.78, 5) is 27.8. The predicted octanol–water partition coefficient (Wildman–Crippen LogP) is 2.14. The first-order valence-corrected chi connectivity index (χ1v) is 7.05. The lowest BCUT2D eigenvalue weighted by Crippen LogP contribution is -2.41. The van der Waals surface area contributed by atoms with Gasteiger partial charge in [-0.25, -0.2) is 9.78 Å². The summed E-state index contributed by atoms with van der Waals surface area (Å²) < 4.78 is 1.62. The summed E-state index contributed by atoms with van der Waals surface area (Å²) in [5.74, 6) is -1.50. The van der Waals surface area contributed by atoms with E-state index in [0.717, 1.165) is 0 Å². The van der Waals surface area contributed by atoms with E-state index in [1.807, 2.05) is 6.92 Å². The van der Waals surface area contributed by atoms with Gasteiger partial charge in [0.05, 0.1) is 5.69 Å². The zero-order chi connectivity index (χ0) is 15.6. The summed E-state index contributed by atoms with van der Waals surface area (Å²) in [6, 6.07) is 2.40. The van der Waals surface area contributed by atoms with E-state index in [0.29, 0.717) is 34.9 Å². The molecule has 0 aromatic carbocycles.